The number of nitrogens with two attached hydrogens (primary N) is 2. The Morgan fingerprint density at radius 2 is 2.19 bits per heavy atom. The quantitative estimate of drug-likeness (QED) is 0.615. The molecule has 0 amide bonds. The van der Waals surface area contributed by atoms with Crippen LogP contribution in [-0.4, -0.2) is 26.7 Å². The lowest BCUT2D eigenvalue weighted by Crippen LogP contribution is -2.36. The molecule has 1 rings (SSSR count). The molecular weight excluding hydrogens is 232 g/mol. The number of ether oxygens (including phenoxy) is 1. The Morgan fingerprint density at radius 3 is 2.62 bits per heavy atom. The van der Waals surface area contributed by atoms with E-state index in [0.717, 1.165) is 13.3 Å². The predicted octanol–water partition coefficient (Wildman–Crippen LogP) is -0.845. The van der Waals surface area contributed by atoms with E-state index in [1.165, 1.54) is 18.2 Å². The minimum Gasteiger partial charge on any atom is -0.466 e. The number of allylic oxidation sites excluding steroid dienone is 3. The molecule has 1 aliphatic carbocycles. The second-order valence-corrected chi connectivity index (χ2v) is 4.76. The molecule has 7 heteroatoms. The highest BCUT2D eigenvalue weighted by Crippen LogP contribution is 2.24. The van der Waals surface area contributed by atoms with Crippen molar-refractivity contribution in [2.24, 2.45) is 10.9 Å². The van der Waals surface area contributed by atoms with Gasteiger partial charge >= 0.3 is 5.97 Å². The van der Waals surface area contributed by atoms with Crippen molar-refractivity contribution in [1.82, 2.24) is 0 Å². The van der Waals surface area contributed by atoms with Crippen LogP contribution in [0.1, 0.15) is 0 Å². The van der Waals surface area contributed by atoms with Crippen molar-refractivity contribution in [3.63, 3.8) is 0 Å². The third kappa shape index (κ3) is 2.31. The van der Waals surface area contributed by atoms with Crippen LogP contribution in [0.15, 0.2) is 35.6 Å². The Hall–Kier alpha value is -1.60. The Labute approximate surface area is 93.3 Å². The molecule has 0 bridgehead atoms. The molecule has 4 N–H and O–H groups in total. The number of esters is 1. The second kappa shape index (κ2) is 4.50. The van der Waals surface area contributed by atoms with Crippen LogP contribution in [-0.2, 0) is 19.6 Å². The van der Waals surface area contributed by atoms with Crippen molar-refractivity contribution >= 4 is 16.0 Å². The zero-order valence-corrected chi connectivity index (χ0v) is 9.40. The van der Waals surface area contributed by atoms with Crippen molar-refractivity contribution < 1.29 is 17.9 Å². The van der Waals surface area contributed by atoms with Gasteiger partial charge in [0, 0.05) is 0 Å². The lowest BCUT2D eigenvalue weighted by atomic mass is 10.00. The van der Waals surface area contributed by atoms with E-state index in [2.05, 4.69) is 4.74 Å². The molecule has 0 spiro atoms. The Bertz CT molecular complexity index is 488. The number of methoxy groups -OCH3 is 1. The molecule has 0 saturated heterocycles. The van der Waals surface area contributed by atoms with Crippen LogP contribution in [0.5, 0.6) is 0 Å². The smallest absolute Gasteiger partial charge is 0.335 e. The van der Waals surface area contributed by atoms with Gasteiger partial charge in [0.1, 0.15) is 5.25 Å². The molecule has 6 nitrogen and oxygen atoms in total. The van der Waals surface area contributed by atoms with Gasteiger partial charge in [-0.25, -0.2) is 18.4 Å². The number of rotatable bonds is 2. The number of carbonyl (C=O) groups excluding carboxylic acids is 1. The van der Waals surface area contributed by atoms with E-state index in [1.807, 2.05) is 0 Å². The highest BCUT2D eigenvalue weighted by atomic mass is 32.2. The molecule has 1 unspecified atom stereocenters. The minimum absolute atomic E-state index is 0.0517. The summed E-state index contributed by atoms with van der Waals surface area (Å²) in [5.41, 5.74) is 5.47. The van der Waals surface area contributed by atoms with Gasteiger partial charge in [0.05, 0.1) is 12.7 Å². The molecule has 88 valence electrons. The Morgan fingerprint density at radius 1 is 1.56 bits per heavy atom. The van der Waals surface area contributed by atoms with Crippen LogP contribution < -0.4 is 10.9 Å². The summed E-state index contributed by atoms with van der Waals surface area (Å²) < 4.78 is 27.2. The summed E-state index contributed by atoms with van der Waals surface area (Å²) in [5.74, 6) is -0.747. The summed E-state index contributed by atoms with van der Waals surface area (Å²) >= 11 is 0. The molecule has 0 heterocycles. The topological polar surface area (TPSA) is 112 Å². The fraction of sp³-hybridized carbons (Fsp3) is 0.222. The van der Waals surface area contributed by atoms with Gasteiger partial charge in [0.25, 0.3) is 0 Å². The zero-order chi connectivity index (χ0) is 12.3. The molecule has 0 aromatic heterocycles. The molecule has 0 radical (unpaired) electrons. The summed E-state index contributed by atoms with van der Waals surface area (Å²) in [6, 6.07) is 0. The van der Waals surface area contributed by atoms with Crippen LogP contribution in [0.3, 0.4) is 0 Å². The average molecular weight is 244 g/mol. The van der Waals surface area contributed by atoms with E-state index < -0.39 is 21.2 Å². The standard InChI is InChI=1S/C9H12N2O4S/c1-15-9(12)7-4-2-3-6(5-10)8(7)16(11,13)14/h2-5,8H,10H2,1H3,(H2,11,13,14). The number of hydrogen-bond acceptors (Lipinski definition) is 5. The SMILES string of the molecule is COC(=O)C1=CC=CC(=CN)C1S(N)(=O)=O. The minimum atomic E-state index is -3.96. The summed E-state index contributed by atoms with van der Waals surface area (Å²) in [6.45, 7) is 0. The fourth-order valence-corrected chi connectivity index (χ4v) is 2.49. The van der Waals surface area contributed by atoms with Crippen LogP contribution in [0, 0.1) is 0 Å². The van der Waals surface area contributed by atoms with Gasteiger partial charge in [0.2, 0.25) is 10.0 Å². The van der Waals surface area contributed by atoms with E-state index >= 15 is 0 Å². The van der Waals surface area contributed by atoms with E-state index in [0.29, 0.717) is 0 Å². The first-order valence-electron chi connectivity index (χ1n) is 4.31. The highest BCUT2D eigenvalue weighted by Gasteiger charge is 2.34. The van der Waals surface area contributed by atoms with Crippen LogP contribution >= 0.6 is 0 Å². The normalized spacial score (nSPS) is 23.0. The summed E-state index contributed by atoms with van der Waals surface area (Å²) in [5, 5.41) is 3.78. The van der Waals surface area contributed by atoms with Crippen LogP contribution in [0.4, 0.5) is 0 Å². The third-order valence-corrected chi connectivity index (χ3v) is 3.27. The zero-order valence-electron chi connectivity index (χ0n) is 8.58. The van der Waals surface area contributed by atoms with E-state index in [9.17, 15) is 13.2 Å². The average Bonchev–Trinajstić information content (AvgIpc) is 2.25. The fourth-order valence-electron chi connectivity index (χ4n) is 1.42. The number of hydrogen-bond donors (Lipinski definition) is 2. The molecule has 1 aliphatic rings. The van der Waals surface area contributed by atoms with E-state index in [1.54, 1.807) is 0 Å². The van der Waals surface area contributed by atoms with Crippen molar-refractivity contribution in [2.45, 2.75) is 5.25 Å². The van der Waals surface area contributed by atoms with Gasteiger partial charge in [-0.1, -0.05) is 18.2 Å². The van der Waals surface area contributed by atoms with Crippen molar-refractivity contribution in [1.29, 1.82) is 0 Å². The number of sulfonamides is 1. The van der Waals surface area contributed by atoms with Crippen molar-refractivity contribution in [3.8, 4) is 0 Å². The molecule has 0 aromatic carbocycles. The lowest BCUT2D eigenvalue weighted by molar-refractivity contribution is -0.136. The molecule has 0 saturated carbocycles. The van der Waals surface area contributed by atoms with E-state index in [4.69, 9.17) is 10.9 Å². The second-order valence-electron chi connectivity index (χ2n) is 3.11. The van der Waals surface area contributed by atoms with Gasteiger partial charge < -0.3 is 10.5 Å². The summed E-state index contributed by atoms with van der Waals surface area (Å²) in [7, 11) is -2.80. The number of primary sulfonamides is 1. The lowest BCUT2D eigenvalue weighted by Gasteiger charge is -2.20. The summed E-state index contributed by atoms with van der Waals surface area (Å²) in [4.78, 5) is 11.4. The first-order chi connectivity index (χ1) is 7.41. The molecule has 0 fully saturated rings. The molecule has 1 atom stereocenters. The molecule has 0 aliphatic heterocycles. The van der Waals surface area contributed by atoms with Crippen LogP contribution in [0.2, 0.25) is 0 Å². The van der Waals surface area contributed by atoms with Gasteiger partial charge in [0.15, 0.2) is 0 Å². The highest BCUT2D eigenvalue weighted by molar-refractivity contribution is 7.90. The van der Waals surface area contributed by atoms with Gasteiger partial charge in [-0.2, -0.15) is 0 Å². The number of carbonyl (C=O) groups is 1. The third-order valence-electron chi connectivity index (χ3n) is 2.09. The Kier molecular flexibility index (Phi) is 3.51. The van der Waals surface area contributed by atoms with Gasteiger partial charge in [-0.05, 0) is 11.8 Å². The Balaban J connectivity index is 3.31. The maximum Gasteiger partial charge on any atom is 0.335 e. The van der Waals surface area contributed by atoms with Crippen molar-refractivity contribution in [2.75, 3.05) is 7.11 Å². The molecular formula is C9H12N2O4S. The van der Waals surface area contributed by atoms with Gasteiger partial charge in [-0.15, -0.1) is 0 Å². The van der Waals surface area contributed by atoms with Gasteiger partial charge in [-0.3, -0.25) is 0 Å². The molecule has 16 heavy (non-hydrogen) atoms. The largest absolute Gasteiger partial charge is 0.466 e. The van der Waals surface area contributed by atoms with Crippen LogP contribution in [0.25, 0.3) is 0 Å². The first kappa shape index (κ1) is 12.5. The maximum absolute atomic E-state index is 11.4. The predicted molar refractivity (Wildman–Crippen MR) is 58.4 cm³/mol. The first-order valence-corrected chi connectivity index (χ1v) is 5.92. The van der Waals surface area contributed by atoms with E-state index in [-0.39, 0.29) is 11.1 Å². The van der Waals surface area contributed by atoms with Crippen molar-refractivity contribution in [3.05, 3.63) is 35.6 Å². The monoisotopic (exact) mass is 244 g/mol. The summed E-state index contributed by atoms with van der Waals surface area (Å²) in [6.07, 6.45) is 5.42. The molecule has 0 aromatic rings. The maximum atomic E-state index is 11.4.